The van der Waals surface area contributed by atoms with Gasteiger partial charge in [0.15, 0.2) is 5.82 Å². The number of likely N-dealkylation sites (tertiary alicyclic amines) is 1. The van der Waals surface area contributed by atoms with Crippen LogP contribution < -0.4 is 5.32 Å². The number of nitrogens with one attached hydrogen (secondary N) is 1. The molecule has 0 aromatic carbocycles. The van der Waals surface area contributed by atoms with Crippen LogP contribution in [0.1, 0.15) is 53.9 Å². The van der Waals surface area contributed by atoms with Crippen molar-refractivity contribution in [3.05, 3.63) is 59.1 Å². The quantitative estimate of drug-likeness (QED) is 0.616. The third-order valence-corrected chi connectivity index (χ3v) is 5.43. The van der Waals surface area contributed by atoms with Gasteiger partial charge in [0, 0.05) is 49.0 Å². The van der Waals surface area contributed by atoms with Crippen molar-refractivity contribution >= 4 is 23.7 Å². The number of piperidine rings is 1. The zero-order valence-electron chi connectivity index (χ0n) is 18.9. The lowest BCUT2D eigenvalue weighted by molar-refractivity contribution is -0.129. The molecule has 1 saturated heterocycles. The molecule has 9 nitrogen and oxygen atoms in total. The van der Waals surface area contributed by atoms with Crippen LogP contribution in [0.4, 0.5) is 11.8 Å². The molecule has 166 valence electrons. The number of carbonyl (C=O) groups is 1. The summed E-state index contributed by atoms with van der Waals surface area (Å²) in [5, 5.41) is 7.34. The molecule has 1 atom stereocenters. The Morgan fingerprint density at radius 3 is 2.53 bits per heavy atom. The standard InChI is InChI=1S/C23H28N8O/c1-15-13-16(2)27-23(26-15)29-20-14-17(3)25-22(28-20)19-7-5-6-12-31(19)21(32)9-8-18-10-11-24-30(18)4/h8-11,13-14,19H,5-7,12H2,1-4H3,(H,25,26,27,28,29)/b9-8+/t19-/m0/s1. The maximum absolute atomic E-state index is 13.0. The van der Waals surface area contributed by atoms with Crippen LogP contribution in [0.15, 0.2) is 30.5 Å². The van der Waals surface area contributed by atoms with Gasteiger partial charge in [-0.05, 0) is 58.2 Å². The van der Waals surface area contributed by atoms with E-state index in [0.29, 0.717) is 24.1 Å². The van der Waals surface area contributed by atoms with E-state index in [9.17, 15) is 4.79 Å². The monoisotopic (exact) mass is 432 g/mol. The van der Waals surface area contributed by atoms with Crippen LogP contribution in [0.3, 0.4) is 0 Å². The van der Waals surface area contributed by atoms with E-state index in [0.717, 1.165) is 42.0 Å². The van der Waals surface area contributed by atoms with Crippen molar-refractivity contribution in [3.8, 4) is 0 Å². The second-order valence-electron chi connectivity index (χ2n) is 8.11. The van der Waals surface area contributed by atoms with E-state index < -0.39 is 0 Å². The summed E-state index contributed by atoms with van der Waals surface area (Å²) in [7, 11) is 1.85. The number of amides is 1. The average molecular weight is 433 g/mol. The van der Waals surface area contributed by atoms with E-state index in [1.807, 2.05) is 50.9 Å². The molecule has 1 aliphatic rings. The molecule has 0 radical (unpaired) electrons. The molecular formula is C23H28N8O. The largest absolute Gasteiger partial charge is 0.329 e. The van der Waals surface area contributed by atoms with Crippen LogP contribution in [0.2, 0.25) is 0 Å². The van der Waals surface area contributed by atoms with E-state index in [2.05, 4.69) is 25.4 Å². The van der Waals surface area contributed by atoms with Gasteiger partial charge in [-0.2, -0.15) is 5.10 Å². The fourth-order valence-electron chi connectivity index (χ4n) is 3.96. The van der Waals surface area contributed by atoms with Crippen LogP contribution in [-0.2, 0) is 11.8 Å². The molecule has 0 spiro atoms. The van der Waals surface area contributed by atoms with E-state index >= 15 is 0 Å². The highest BCUT2D eigenvalue weighted by molar-refractivity contribution is 5.91. The SMILES string of the molecule is Cc1cc(C)nc(Nc2cc(C)nc([C@@H]3CCCCN3C(=O)/C=C/c3ccnn3C)n2)n1. The van der Waals surface area contributed by atoms with Gasteiger partial charge >= 0.3 is 0 Å². The summed E-state index contributed by atoms with van der Waals surface area (Å²) in [6.07, 6.45) is 7.93. The number of nitrogens with zero attached hydrogens (tertiary/aromatic N) is 7. The fourth-order valence-corrected chi connectivity index (χ4v) is 3.96. The average Bonchev–Trinajstić information content (AvgIpc) is 3.15. The smallest absolute Gasteiger partial charge is 0.247 e. The summed E-state index contributed by atoms with van der Waals surface area (Å²) in [6.45, 7) is 6.47. The Morgan fingerprint density at radius 2 is 1.81 bits per heavy atom. The molecule has 0 aliphatic carbocycles. The number of rotatable bonds is 5. The van der Waals surface area contributed by atoms with Gasteiger partial charge in [-0.1, -0.05) is 0 Å². The van der Waals surface area contributed by atoms with Gasteiger partial charge in [0.05, 0.1) is 11.7 Å². The summed E-state index contributed by atoms with van der Waals surface area (Å²) >= 11 is 0. The fraction of sp³-hybridized carbons (Fsp3) is 0.391. The number of aromatic nitrogens is 6. The predicted molar refractivity (Wildman–Crippen MR) is 122 cm³/mol. The molecule has 1 fully saturated rings. The van der Waals surface area contributed by atoms with Crippen molar-refractivity contribution in [3.63, 3.8) is 0 Å². The normalized spacial score (nSPS) is 16.5. The molecule has 1 N–H and O–H groups in total. The Bertz CT molecular complexity index is 1130. The number of hydrogen-bond donors (Lipinski definition) is 1. The van der Waals surface area contributed by atoms with Crippen LogP contribution in [0.25, 0.3) is 6.08 Å². The first kappa shape index (κ1) is 21.6. The van der Waals surface area contributed by atoms with Crippen molar-refractivity contribution in [1.82, 2.24) is 34.6 Å². The number of hydrogen-bond acceptors (Lipinski definition) is 7. The van der Waals surface area contributed by atoms with E-state index in [1.165, 1.54) is 0 Å². The Balaban J connectivity index is 1.58. The third kappa shape index (κ3) is 4.99. The summed E-state index contributed by atoms with van der Waals surface area (Å²) < 4.78 is 1.73. The van der Waals surface area contributed by atoms with Gasteiger partial charge in [-0.25, -0.2) is 19.9 Å². The van der Waals surface area contributed by atoms with E-state index in [1.54, 1.807) is 23.0 Å². The molecular weight excluding hydrogens is 404 g/mol. The molecule has 9 heteroatoms. The Labute approximate surface area is 187 Å². The van der Waals surface area contributed by atoms with Gasteiger partial charge in [0.1, 0.15) is 5.82 Å². The first-order valence-corrected chi connectivity index (χ1v) is 10.8. The molecule has 1 amide bonds. The van der Waals surface area contributed by atoms with E-state index in [-0.39, 0.29) is 11.9 Å². The first-order valence-electron chi connectivity index (χ1n) is 10.8. The molecule has 4 rings (SSSR count). The maximum Gasteiger partial charge on any atom is 0.247 e. The van der Waals surface area contributed by atoms with Crippen molar-refractivity contribution in [2.24, 2.45) is 7.05 Å². The van der Waals surface area contributed by atoms with Gasteiger partial charge in [0.25, 0.3) is 0 Å². The minimum atomic E-state index is -0.173. The second-order valence-corrected chi connectivity index (χ2v) is 8.11. The predicted octanol–water partition coefficient (Wildman–Crippen LogP) is 3.44. The maximum atomic E-state index is 13.0. The molecule has 3 aromatic rings. The number of carbonyl (C=O) groups excluding carboxylic acids is 1. The van der Waals surface area contributed by atoms with Gasteiger partial charge in [-0.15, -0.1) is 0 Å². The molecule has 4 heterocycles. The lowest BCUT2D eigenvalue weighted by Crippen LogP contribution is -2.38. The highest BCUT2D eigenvalue weighted by atomic mass is 16.2. The molecule has 0 bridgehead atoms. The first-order chi connectivity index (χ1) is 15.4. The zero-order chi connectivity index (χ0) is 22.7. The molecule has 32 heavy (non-hydrogen) atoms. The highest BCUT2D eigenvalue weighted by Crippen LogP contribution is 2.30. The van der Waals surface area contributed by atoms with Crippen LogP contribution in [0, 0.1) is 20.8 Å². The summed E-state index contributed by atoms with van der Waals surface area (Å²) in [4.78, 5) is 33.2. The summed E-state index contributed by atoms with van der Waals surface area (Å²) in [5.74, 6) is 1.72. The lowest BCUT2D eigenvalue weighted by atomic mass is 10.0. The summed E-state index contributed by atoms with van der Waals surface area (Å²) in [6, 6.07) is 5.48. The third-order valence-electron chi connectivity index (χ3n) is 5.43. The molecule has 1 aliphatic heterocycles. The van der Waals surface area contributed by atoms with Gasteiger partial charge < -0.3 is 10.2 Å². The zero-order valence-corrected chi connectivity index (χ0v) is 18.9. The number of aryl methyl sites for hydroxylation is 4. The van der Waals surface area contributed by atoms with Gasteiger partial charge in [0.2, 0.25) is 11.9 Å². The number of anilines is 2. The molecule has 0 saturated carbocycles. The minimum absolute atomic E-state index is 0.0480. The summed E-state index contributed by atoms with van der Waals surface area (Å²) in [5.41, 5.74) is 3.47. The van der Waals surface area contributed by atoms with Crippen LogP contribution >= 0.6 is 0 Å². The minimum Gasteiger partial charge on any atom is -0.329 e. The Morgan fingerprint density at radius 1 is 1.06 bits per heavy atom. The van der Waals surface area contributed by atoms with Crippen molar-refractivity contribution < 1.29 is 4.79 Å². The van der Waals surface area contributed by atoms with Crippen molar-refractivity contribution in [1.29, 1.82) is 0 Å². The van der Waals surface area contributed by atoms with Crippen molar-refractivity contribution in [2.45, 2.75) is 46.1 Å². The van der Waals surface area contributed by atoms with Crippen molar-refractivity contribution in [2.75, 3.05) is 11.9 Å². The van der Waals surface area contributed by atoms with Crippen LogP contribution in [0.5, 0.6) is 0 Å². The molecule has 0 unspecified atom stereocenters. The van der Waals surface area contributed by atoms with E-state index in [4.69, 9.17) is 4.98 Å². The highest BCUT2D eigenvalue weighted by Gasteiger charge is 2.29. The lowest BCUT2D eigenvalue weighted by Gasteiger charge is -2.34. The Hall–Kier alpha value is -3.62. The van der Waals surface area contributed by atoms with Crippen LogP contribution in [-0.4, -0.2) is 47.1 Å². The van der Waals surface area contributed by atoms with Gasteiger partial charge in [-0.3, -0.25) is 9.48 Å². The molecule has 3 aromatic heterocycles. The topological polar surface area (TPSA) is 102 Å². The Kier molecular flexibility index (Phi) is 6.25. The second kappa shape index (κ2) is 9.25.